The first kappa shape index (κ1) is 16.4. The van der Waals surface area contributed by atoms with Crippen molar-refractivity contribution >= 4 is 23.4 Å². The first-order valence-corrected chi connectivity index (χ1v) is 7.30. The molecule has 5 heteroatoms. The van der Waals surface area contributed by atoms with Crippen molar-refractivity contribution < 1.29 is 14.4 Å². The first-order valence-electron chi connectivity index (χ1n) is 7.30. The van der Waals surface area contributed by atoms with Crippen LogP contribution in [0.25, 0.3) is 0 Å². The van der Waals surface area contributed by atoms with Gasteiger partial charge in [-0.2, -0.15) is 0 Å². The molecule has 0 spiro atoms. The molecule has 2 rings (SSSR count). The number of aryl methyl sites for hydroxylation is 1. The highest BCUT2D eigenvalue weighted by molar-refractivity contribution is 6.05. The highest BCUT2D eigenvalue weighted by Crippen LogP contribution is 2.06. The van der Waals surface area contributed by atoms with E-state index < -0.39 is 11.8 Å². The predicted molar refractivity (Wildman–Crippen MR) is 88.0 cm³/mol. The number of imide groups is 1. The molecule has 0 saturated heterocycles. The monoisotopic (exact) mass is 310 g/mol. The lowest BCUT2D eigenvalue weighted by atomic mass is 10.1. The standard InChI is InChI=1S/C18H18N2O3/c1-13-7-9-14(10-8-13)18(23)20-17(22)12-11-16(21)19-15-5-3-2-4-6-15/h2-10H,11-12H2,1H3,(H,19,21)(H,20,22,23). The van der Waals surface area contributed by atoms with E-state index >= 15 is 0 Å². The van der Waals surface area contributed by atoms with Gasteiger partial charge in [-0.25, -0.2) is 0 Å². The second-order valence-corrected chi connectivity index (χ2v) is 5.16. The second-order valence-electron chi connectivity index (χ2n) is 5.16. The molecule has 0 unspecified atom stereocenters. The quantitative estimate of drug-likeness (QED) is 0.891. The van der Waals surface area contributed by atoms with Gasteiger partial charge in [0.15, 0.2) is 0 Å². The van der Waals surface area contributed by atoms with E-state index in [1.54, 1.807) is 36.4 Å². The second kappa shape index (κ2) is 7.89. The molecule has 0 heterocycles. The smallest absolute Gasteiger partial charge is 0.257 e. The fraction of sp³-hybridized carbons (Fsp3) is 0.167. The number of hydrogen-bond donors (Lipinski definition) is 2. The average molecular weight is 310 g/mol. The molecule has 0 aliphatic heterocycles. The van der Waals surface area contributed by atoms with Crippen LogP contribution in [0.3, 0.4) is 0 Å². The topological polar surface area (TPSA) is 75.3 Å². The molecule has 2 aromatic rings. The highest BCUT2D eigenvalue weighted by atomic mass is 16.2. The number of benzene rings is 2. The Labute approximate surface area is 134 Å². The molecule has 0 aromatic heterocycles. The van der Waals surface area contributed by atoms with E-state index in [2.05, 4.69) is 10.6 Å². The normalized spacial score (nSPS) is 9.96. The van der Waals surface area contributed by atoms with Crippen LogP contribution in [0.5, 0.6) is 0 Å². The molecule has 118 valence electrons. The lowest BCUT2D eigenvalue weighted by Crippen LogP contribution is -2.31. The summed E-state index contributed by atoms with van der Waals surface area (Å²) in [4.78, 5) is 35.3. The van der Waals surface area contributed by atoms with Gasteiger partial charge in [-0.05, 0) is 31.2 Å². The number of nitrogens with one attached hydrogen (secondary N) is 2. The third kappa shape index (κ3) is 5.39. The molecule has 3 amide bonds. The van der Waals surface area contributed by atoms with E-state index in [0.717, 1.165) is 5.56 Å². The van der Waals surface area contributed by atoms with Gasteiger partial charge in [0.25, 0.3) is 5.91 Å². The molecule has 0 atom stereocenters. The van der Waals surface area contributed by atoms with Gasteiger partial charge >= 0.3 is 0 Å². The Balaban J connectivity index is 1.77. The van der Waals surface area contributed by atoms with Gasteiger partial charge in [0.05, 0.1) is 0 Å². The van der Waals surface area contributed by atoms with Crippen molar-refractivity contribution in [1.29, 1.82) is 0 Å². The number of carbonyl (C=O) groups excluding carboxylic acids is 3. The van der Waals surface area contributed by atoms with Crippen LogP contribution < -0.4 is 10.6 Å². The molecule has 0 bridgehead atoms. The van der Waals surface area contributed by atoms with E-state index in [1.165, 1.54) is 0 Å². The number of anilines is 1. The number of para-hydroxylation sites is 1. The van der Waals surface area contributed by atoms with Crippen molar-refractivity contribution in [2.24, 2.45) is 0 Å². The Morgan fingerprint density at radius 1 is 0.826 bits per heavy atom. The van der Waals surface area contributed by atoms with Gasteiger partial charge in [0.2, 0.25) is 11.8 Å². The van der Waals surface area contributed by atoms with Crippen molar-refractivity contribution in [3.8, 4) is 0 Å². The summed E-state index contributed by atoms with van der Waals surface area (Å²) in [6.07, 6.45) is -0.0296. The molecular weight excluding hydrogens is 292 g/mol. The van der Waals surface area contributed by atoms with Crippen LogP contribution in [0.1, 0.15) is 28.8 Å². The van der Waals surface area contributed by atoms with Gasteiger partial charge in [0.1, 0.15) is 0 Å². The van der Waals surface area contributed by atoms with Crippen LogP contribution in [0.2, 0.25) is 0 Å². The molecule has 0 aliphatic carbocycles. The summed E-state index contributed by atoms with van der Waals surface area (Å²) in [5.74, 6) is -1.20. The summed E-state index contributed by atoms with van der Waals surface area (Å²) < 4.78 is 0. The summed E-state index contributed by atoms with van der Waals surface area (Å²) in [6.45, 7) is 1.91. The molecule has 0 fully saturated rings. The Kier molecular flexibility index (Phi) is 5.63. The van der Waals surface area contributed by atoms with Gasteiger partial charge in [-0.1, -0.05) is 35.9 Å². The van der Waals surface area contributed by atoms with E-state index in [4.69, 9.17) is 0 Å². The number of amides is 3. The Morgan fingerprint density at radius 2 is 1.43 bits per heavy atom. The number of hydrogen-bond acceptors (Lipinski definition) is 3. The minimum absolute atomic E-state index is 0.0158. The van der Waals surface area contributed by atoms with E-state index in [-0.39, 0.29) is 18.7 Å². The lowest BCUT2D eigenvalue weighted by molar-refractivity contribution is -0.123. The Morgan fingerprint density at radius 3 is 2.09 bits per heavy atom. The first-order chi connectivity index (χ1) is 11.0. The van der Waals surface area contributed by atoms with E-state index in [1.807, 2.05) is 25.1 Å². The highest BCUT2D eigenvalue weighted by Gasteiger charge is 2.12. The maximum Gasteiger partial charge on any atom is 0.257 e. The zero-order valence-corrected chi connectivity index (χ0v) is 12.8. The SMILES string of the molecule is Cc1ccc(C(=O)NC(=O)CCC(=O)Nc2ccccc2)cc1. The molecule has 23 heavy (non-hydrogen) atoms. The minimum Gasteiger partial charge on any atom is -0.326 e. The molecule has 2 N–H and O–H groups in total. The van der Waals surface area contributed by atoms with Crippen LogP contribution in [0.15, 0.2) is 54.6 Å². The summed E-state index contributed by atoms with van der Waals surface area (Å²) in [5, 5.41) is 4.96. The van der Waals surface area contributed by atoms with Crippen molar-refractivity contribution in [3.63, 3.8) is 0 Å². The maximum atomic E-state index is 11.9. The van der Waals surface area contributed by atoms with E-state index in [9.17, 15) is 14.4 Å². The summed E-state index contributed by atoms with van der Waals surface area (Å²) in [7, 11) is 0. The average Bonchev–Trinajstić information content (AvgIpc) is 2.54. The van der Waals surface area contributed by atoms with Crippen LogP contribution in [-0.2, 0) is 9.59 Å². The predicted octanol–water partition coefficient (Wildman–Crippen LogP) is 2.67. The van der Waals surface area contributed by atoms with Crippen LogP contribution in [0, 0.1) is 6.92 Å². The van der Waals surface area contributed by atoms with Crippen molar-refractivity contribution in [2.45, 2.75) is 19.8 Å². The Bertz CT molecular complexity index is 694. The molecule has 0 aliphatic rings. The van der Waals surface area contributed by atoms with Gasteiger partial charge in [-0.15, -0.1) is 0 Å². The molecular formula is C18H18N2O3. The van der Waals surface area contributed by atoms with Crippen LogP contribution >= 0.6 is 0 Å². The molecule has 0 saturated carbocycles. The molecule has 5 nitrogen and oxygen atoms in total. The largest absolute Gasteiger partial charge is 0.326 e. The van der Waals surface area contributed by atoms with Crippen LogP contribution in [0.4, 0.5) is 5.69 Å². The van der Waals surface area contributed by atoms with Crippen molar-refractivity contribution in [2.75, 3.05) is 5.32 Å². The van der Waals surface area contributed by atoms with Gasteiger partial charge < -0.3 is 5.32 Å². The summed E-state index contributed by atoms with van der Waals surface area (Å²) in [5.41, 5.74) is 2.12. The fourth-order valence-electron chi connectivity index (χ4n) is 1.94. The fourth-order valence-corrected chi connectivity index (χ4v) is 1.94. The lowest BCUT2D eigenvalue weighted by Gasteiger charge is -2.06. The third-order valence-electron chi connectivity index (χ3n) is 3.20. The zero-order chi connectivity index (χ0) is 16.7. The zero-order valence-electron chi connectivity index (χ0n) is 12.8. The number of carbonyl (C=O) groups is 3. The van der Waals surface area contributed by atoms with Crippen molar-refractivity contribution in [1.82, 2.24) is 5.32 Å². The summed E-state index contributed by atoms with van der Waals surface area (Å²) >= 11 is 0. The molecule has 0 radical (unpaired) electrons. The summed E-state index contributed by atoms with van der Waals surface area (Å²) in [6, 6.07) is 15.9. The molecule has 2 aromatic carbocycles. The van der Waals surface area contributed by atoms with Crippen molar-refractivity contribution in [3.05, 3.63) is 65.7 Å². The van der Waals surface area contributed by atoms with Gasteiger partial charge in [-0.3, -0.25) is 19.7 Å². The third-order valence-corrected chi connectivity index (χ3v) is 3.20. The van der Waals surface area contributed by atoms with Gasteiger partial charge in [0, 0.05) is 24.1 Å². The van der Waals surface area contributed by atoms with Crippen LogP contribution in [-0.4, -0.2) is 17.7 Å². The Hall–Kier alpha value is -2.95. The van der Waals surface area contributed by atoms with E-state index in [0.29, 0.717) is 11.3 Å². The maximum absolute atomic E-state index is 11.9. The number of rotatable bonds is 5. The minimum atomic E-state index is -0.473.